The van der Waals surface area contributed by atoms with Gasteiger partial charge in [-0.25, -0.2) is 0 Å². The van der Waals surface area contributed by atoms with Crippen LogP contribution in [0.2, 0.25) is 0 Å². The lowest BCUT2D eigenvalue weighted by Gasteiger charge is -2.02. The molecule has 0 unspecified atom stereocenters. The summed E-state index contributed by atoms with van der Waals surface area (Å²) in [6, 6.07) is 5.73. The van der Waals surface area contributed by atoms with Gasteiger partial charge >= 0.3 is 0 Å². The van der Waals surface area contributed by atoms with Crippen molar-refractivity contribution in [2.24, 2.45) is 0 Å². The van der Waals surface area contributed by atoms with Crippen LogP contribution in [0, 0.1) is 0 Å². The maximum absolute atomic E-state index is 5.68. The van der Waals surface area contributed by atoms with Gasteiger partial charge in [0.25, 0.3) is 0 Å². The highest BCUT2D eigenvalue weighted by molar-refractivity contribution is 9.10. The zero-order chi connectivity index (χ0) is 12.3. The summed E-state index contributed by atoms with van der Waals surface area (Å²) in [5, 5.41) is 3.85. The molecule has 0 amide bonds. The fourth-order valence-corrected chi connectivity index (χ4v) is 2.76. The smallest absolute Gasteiger partial charge is 0.237 e. The van der Waals surface area contributed by atoms with Crippen molar-refractivity contribution in [1.29, 1.82) is 0 Å². The average Bonchev–Trinajstić information content (AvgIpc) is 2.76. The third-order valence-electron chi connectivity index (χ3n) is 2.13. The van der Waals surface area contributed by atoms with Gasteiger partial charge in [0, 0.05) is 21.5 Å². The molecule has 0 aliphatic rings. The van der Waals surface area contributed by atoms with Gasteiger partial charge in [0.1, 0.15) is 0 Å². The average molecular weight is 314 g/mol. The molecule has 1 aromatic heterocycles. The number of hydrogen-bond donors (Lipinski definition) is 1. The number of rotatable bonds is 4. The molecule has 17 heavy (non-hydrogen) atoms. The highest BCUT2D eigenvalue weighted by Gasteiger charge is 2.07. The van der Waals surface area contributed by atoms with Crippen molar-refractivity contribution in [3.05, 3.63) is 34.4 Å². The van der Waals surface area contributed by atoms with Gasteiger partial charge in [-0.2, -0.15) is 4.98 Å². The summed E-state index contributed by atoms with van der Waals surface area (Å²) in [4.78, 5) is 5.36. The minimum absolute atomic E-state index is 0.649. The molecule has 0 saturated carbocycles. The molecule has 6 heteroatoms. The van der Waals surface area contributed by atoms with E-state index in [0.717, 1.165) is 27.3 Å². The first-order chi connectivity index (χ1) is 8.19. The summed E-state index contributed by atoms with van der Waals surface area (Å²) in [6.07, 6.45) is 0.791. The quantitative estimate of drug-likeness (QED) is 0.693. The van der Waals surface area contributed by atoms with Crippen molar-refractivity contribution in [2.45, 2.75) is 24.0 Å². The SMILES string of the molecule is CCc1noc(CSc2ccc(N)cc2Br)n1. The fraction of sp³-hybridized carbons (Fsp3) is 0.273. The highest BCUT2D eigenvalue weighted by Crippen LogP contribution is 2.31. The van der Waals surface area contributed by atoms with Crippen molar-refractivity contribution in [2.75, 3.05) is 5.73 Å². The van der Waals surface area contributed by atoms with Crippen LogP contribution in [-0.4, -0.2) is 10.1 Å². The largest absolute Gasteiger partial charge is 0.399 e. The van der Waals surface area contributed by atoms with Crippen LogP contribution in [0.3, 0.4) is 0 Å². The van der Waals surface area contributed by atoms with Crippen LogP contribution >= 0.6 is 27.7 Å². The van der Waals surface area contributed by atoms with Crippen LogP contribution in [-0.2, 0) is 12.2 Å². The molecule has 0 radical (unpaired) electrons. The van der Waals surface area contributed by atoms with E-state index in [2.05, 4.69) is 26.1 Å². The molecule has 2 rings (SSSR count). The van der Waals surface area contributed by atoms with Crippen LogP contribution in [0.25, 0.3) is 0 Å². The maximum Gasteiger partial charge on any atom is 0.237 e. The summed E-state index contributed by atoms with van der Waals surface area (Å²) >= 11 is 5.11. The molecule has 0 spiro atoms. The van der Waals surface area contributed by atoms with E-state index in [1.165, 1.54) is 0 Å². The van der Waals surface area contributed by atoms with Crippen LogP contribution in [0.1, 0.15) is 18.6 Å². The standard InChI is InChI=1S/C11H12BrN3OS/c1-2-10-14-11(16-15-10)6-17-9-4-3-7(13)5-8(9)12/h3-5H,2,6,13H2,1H3. The summed E-state index contributed by atoms with van der Waals surface area (Å²) in [5.41, 5.74) is 6.42. The zero-order valence-electron chi connectivity index (χ0n) is 9.31. The molecule has 0 aliphatic heterocycles. The summed E-state index contributed by atoms with van der Waals surface area (Å²) < 4.78 is 6.10. The Morgan fingerprint density at radius 2 is 2.29 bits per heavy atom. The number of nitrogen functional groups attached to an aromatic ring is 1. The first kappa shape index (κ1) is 12.4. The minimum Gasteiger partial charge on any atom is -0.399 e. The third-order valence-corrected chi connectivity index (χ3v) is 4.11. The Labute approximate surface area is 112 Å². The predicted molar refractivity (Wildman–Crippen MR) is 71.8 cm³/mol. The number of thioether (sulfide) groups is 1. The molecule has 4 nitrogen and oxygen atoms in total. The van der Waals surface area contributed by atoms with E-state index in [-0.39, 0.29) is 0 Å². The number of anilines is 1. The lowest BCUT2D eigenvalue weighted by molar-refractivity contribution is 0.385. The number of aromatic nitrogens is 2. The summed E-state index contributed by atoms with van der Waals surface area (Å²) in [7, 11) is 0. The second-order valence-electron chi connectivity index (χ2n) is 3.44. The molecule has 2 aromatic rings. The first-order valence-electron chi connectivity index (χ1n) is 5.18. The van der Waals surface area contributed by atoms with Crippen LogP contribution < -0.4 is 5.73 Å². The fourth-order valence-electron chi connectivity index (χ4n) is 1.27. The van der Waals surface area contributed by atoms with E-state index in [1.54, 1.807) is 11.8 Å². The number of benzene rings is 1. The highest BCUT2D eigenvalue weighted by atomic mass is 79.9. The second kappa shape index (κ2) is 5.55. The van der Waals surface area contributed by atoms with Gasteiger partial charge in [0.05, 0.1) is 5.75 Å². The van der Waals surface area contributed by atoms with E-state index >= 15 is 0 Å². The Balaban J connectivity index is 2.02. The van der Waals surface area contributed by atoms with Gasteiger partial charge < -0.3 is 10.3 Å². The molecule has 0 aliphatic carbocycles. The summed E-state index contributed by atoms with van der Waals surface area (Å²) in [6.45, 7) is 2.00. The number of hydrogen-bond acceptors (Lipinski definition) is 5. The number of nitrogens with two attached hydrogens (primary N) is 1. The molecule has 0 saturated heterocycles. The topological polar surface area (TPSA) is 64.9 Å². The van der Waals surface area contributed by atoms with Gasteiger partial charge in [-0.1, -0.05) is 12.1 Å². The first-order valence-corrected chi connectivity index (χ1v) is 6.96. The van der Waals surface area contributed by atoms with Crippen LogP contribution in [0.5, 0.6) is 0 Å². The van der Waals surface area contributed by atoms with Crippen molar-refractivity contribution in [3.63, 3.8) is 0 Å². The zero-order valence-corrected chi connectivity index (χ0v) is 11.7. The predicted octanol–water partition coefficient (Wildman–Crippen LogP) is 3.27. The van der Waals surface area contributed by atoms with E-state index in [1.807, 2.05) is 25.1 Å². The molecule has 90 valence electrons. The summed E-state index contributed by atoms with van der Waals surface area (Å²) in [5.74, 6) is 2.06. The molecule has 0 fully saturated rings. The van der Waals surface area contributed by atoms with Gasteiger partial charge in [-0.3, -0.25) is 0 Å². The maximum atomic E-state index is 5.68. The van der Waals surface area contributed by atoms with Gasteiger partial charge in [0.15, 0.2) is 5.82 Å². The molecule has 0 atom stereocenters. The number of aryl methyl sites for hydroxylation is 1. The van der Waals surface area contributed by atoms with Crippen molar-refractivity contribution < 1.29 is 4.52 Å². The Kier molecular flexibility index (Phi) is 4.06. The van der Waals surface area contributed by atoms with Crippen molar-refractivity contribution in [1.82, 2.24) is 10.1 Å². The van der Waals surface area contributed by atoms with Gasteiger partial charge in [-0.05, 0) is 34.1 Å². The Bertz CT molecular complexity index is 515. The van der Waals surface area contributed by atoms with E-state index < -0.39 is 0 Å². The Morgan fingerprint density at radius 3 is 2.94 bits per heavy atom. The van der Waals surface area contributed by atoms with Crippen molar-refractivity contribution in [3.8, 4) is 0 Å². The molecule has 0 bridgehead atoms. The molecule has 1 heterocycles. The second-order valence-corrected chi connectivity index (χ2v) is 5.31. The molecule has 1 aromatic carbocycles. The van der Waals surface area contributed by atoms with E-state index in [9.17, 15) is 0 Å². The lowest BCUT2D eigenvalue weighted by atomic mass is 10.3. The molecular formula is C11H12BrN3OS. The van der Waals surface area contributed by atoms with Gasteiger partial charge in [-0.15, -0.1) is 11.8 Å². The molecule has 2 N–H and O–H groups in total. The van der Waals surface area contributed by atoms with E-state index in [0.29, 0.717) is 11.6 Å². The van der Waals surface area contributed by atoms with Crippen LogP contribution in [0.4, 0.5) is 5.69 Å². The Hall–Kier alpha value is -1.01. The monoisotopic (exact) mass is 313 g/mol. The normalized spacial score (nSPS) is 10.7. The van der Waals surface area contributed by atoms with Crippen molar-refractivity contribution >= 4 is 33.4 Å². The number of halogens is 1. The Morgan fingerprint density at radius 1 is 1.47 bits per heavy atom. The number of nitrogens with zero attached hydrogens (tertiary/aromatic N) is 2. The minimum atomic E-state index is 0.649. The van der Waals surface area contributed by atoms with E-state index in [4.69, 9.17) is 10.3 Å². The third kappa shape index (κ3) is 3.23. The lowest BCUT2D eigenvalue weighted by Crippen LogP contribution is -1.86. The van der Waals surface area contributed by atoms with Crippen LogP contribution in [0.15, 0.2) is 32.1 Å². The van der Waals surface area contributed by atoms with Gasteiger partial charge in [0.2, 0.25) is 5.89 Å². The molecular weight excluding hydrogens is 302 g/mol.